The van der Waals surface area contributed by atoms with Crippen molar-refractivity contribution in [3.05, 3.63) is 20.3 Å². The van der Waals surface area contributed by atoms with Crippen molar-refractivity contribution in [3.8, 4) is 0 Å². The van der Waals surface area contributed by atoms with Crippen molar-refractivity contribution in [2.75, 3.05) is 6.54 Å². The van der Waals surface area contributed by atoms with E-state index in [4.69, 9.17) is 5.73 Å². The lowest BCUT2D eigenvalue weighted by molar-refractivity contribution is -0.125. The topological polar surface area (TPSA) is 55.1 Å². The second-order valence-corrected chi connectivity index (χ2v) is 6.98. The minimum absolute atomic E-state index is 0.274. The summed E-state index contributed by atoms with van der Waals surface area (Å²) < 4.78 is 1.17. The lowest BCUT2D eigenvalue weighted by Crippen LogP contribution is -2.40. The molecule has 0 aliphatic heterocycles. The molecule has 0 unspecified atom stereocenters. The lowest BCUT2D eigenvalue weighted by Gasteiger charge is -2.20. The van der Waals surface area contributed by atoms with Gasteiger partial charge in [-0.25, -0.2) is 0 Å². The fraction of sp³-hybridized carbons (Fsp3) is 0.545. The first kappa shape index (κ1) is 13.7. The molecule has 1 aromatic rings. The predicted molar refractivity (Wildman–Crippen MR) is 71.4 cm³/mol. The third-order valence-corrected chi connectivity index (χ3v) is 4.58. The van der Waals surface area contributed by atoms with Crippen LogP contribution in [-0.2, 0) is 11.3 Å². The number of amides is 1. The van der Waals surface area contributed by atoms with Crippen LogP contribution in [-0.4, -0.2) is 12.5 Å². The van der Waals surface area contributed by atoms with Crippen molar-refractivity contribution in [1.29, 1.82) is 0 Å². The summed E-state index contributed by atoms with van der Waals surface area (Å²) in [5.74, 6) is -0.274. The quantitative estimate of drug-likeness (QED) is 0.878. The SMILES string of the molecule is Cc1cc(CNCC(C)(C)C(N)=O)sc1Br. The van der Waals surface area contributed by atoms with Crippen molar-refractivity contribution in [2.45, 2.75) is 27.3 Å². The van der Waals surface area contributed by atoms with E-state index < -0.39 is 5.41 Å². The van der Waals surface area contributed by atoms with Gasteiger partial charge in [-0.2, -0.15) is 0 Å². The molecule has 0 saturated carbocycles. The monoisotopic (exact) mass is 304 g/mol. The number of primary amides is 1. The zero-order valence-corrected chi connectivity index (χ0v) is 12.2. The first-order valence-corrected chi connectivity index (χ1v) is 6.69. The minimum Gasteiger partial charge on any atom is -0.369 e. The summed E-state index contributed by atoms with van der Waals surface area (Å²) >= 11 is 5.20. The third-order valence-electron chi connectivity index (χ3n) is 2.44. The fourth-order valence-electron chi connectivity index (χ4n) is 1.20. The van der Waals surface area contributed by atoms with Crippen LogP contribution in [0.2, 0.25) is 0 Å². The summed E-state index contributed by atoms with van der Waals surface area (Å²) in [6.07, 6.45) is 0. The molecule has 0 spiro atoms. The van der Waals surface area contributed by atoms with E-state index in [2.05, 4.69) is 34.2 Å². The Bertz CT molecular complexity index is 368. The largest absolute Gasteiger partial charge is 0.369 e. The molecule has 0 radical (unpaired) electrons. The number of nitrogens with one attached hydrogen (secondary N) is 1. The van der Waals surface area contributed by atoms with E-state index in [0.717, 1.165) is 6.54 Å². The van der Waals surface area contributed by atoms with Crippen LogP contribution in [0.25, 0.3) is 0 Å². The van der Waals surface area contributed by atoms with Crippen LogP contribution in [0.1, 0.15) is 24.3 Å². The molecule has 0 bridgehead atoms. The standard InChI is InChI=1S/C11H17BrN2OS/c1-7-4-8(16-9(7)12)5-14-6-11(2,3)10(13)15/h4,14H,5-6H2,1-3H3,(H2,13,15). The summed E-state index contributed by atoms with van der Waals surface area (Å²) in [7, 11) is 0. The predicted octanol–water partition coefficient (Wildman–Crippen LogP) is 2.42. The van der Waals surface area contributed by atoms with Gasteiger partial charge in [-0.05, 0) is 48.3 Å². The maximum atomic E-state index is 11.1. The Morgan fingerprint density at radius 3 is 2.69 bits per heavy atom. The van der Waals surface area contributed by atoms with E-state index in [9.17, 15) is 4.79 Å². The van der Waals surface area contributed by atoms with Crippen molar-refractivity contribution >= 4 is 33.2 Å². The fourth-order valence-corrected chi connectivity index (χ4v) is 2.79. The smallest absolute Gasteiger partial charge is 0.224 e. The van der Waals surface area contributed by atoms with E-state index in [1.165, 1.54) is 14.2 Å². The molecule has 0 atom stereocenters. The van der Waals surface area contributed by atoms with E-state index in [0.29, 0.717) is 6.54 Å². The van der Waals surface area contributed by atoms with Crippen molar-refractivity contribution in [1.82, 2.24) is 5.32 Å². The normalized spacial score (nSPS) is 11.8. The molecule has 90 valence electrons. The number of nitrogens with two attached hydrogens (primary N) is 1. The summed E-state index contributed by atoms with van der Waals surface area (Å²) in [4.78, 5) is 12.4. The number of rotatable bonds is 5. The van der Waals surface area contributed by atoms with Gasteiger partial charge < -0.3 is 11.1 Å². The average Bonchev–Trinajstić information content (AvgIpc) is 2.45. The Morgan fingerprint density at radius 2 is 2.25 bits per heavy atom. The molecule has 5 heteroatoms. The Morgan fingerprint density at radius 1 is 1.62 bits per heavy atom. The van der Waals surface area contributed by atoms with Crippen molar-refractivity contribution < 1.29 is 4.79 Å². The van der Waals surface area contributed by atoms with Gasteiger partial charge >= 0.3 is 0 Å². The van der Waals surface area contributed by atoms with Crippen molar-refractivity contribution in [2.24, 2.45) is 11.1 Å². The van der Waals surface area contributed by atoms with Crippen molar-refractivity contribution in [3.63, 3.8) is 0 Å². The van der Waals surface area contributed by atoms with Gasteiger partial charge in [-0.1, -0.05) is 0 Å². The first-order chi connectivity index (χ1) is 7.33. The summed E-state index contributed by atoms with van der Waals surface area (Å²) in [5, 5.41) is 3.25. The summed E-state index contributed by atoms with van der Waals surface area (Å²) in [6.45, 7) is 7.12. The van der Waals surface area contributed by atoms with E-state index >= 15 is 0 Å². The summed E-state index contributed by atoms with van der Waals surface area (Å²) in [6, 6.07) is 2.14. The van der Waals surface area contributed by atoms with Gasteiger partial charge in [-0.15, -0.1) is 11.3 Å². The Labute approximate surface area is 109 Å². The molecule has 0 aliphatic carbocycles. The Balaban J connectivity index is 2.44. The van der Waals surface area contributed by atoms with E-state index in [-0.39, 0.29) is 5.91 Å². The van der Waals surface area contributed by atoms with Crippen LogP contribution in [0.5, 0.6) is 0 Å². The highest BCUT2D eigenvalue weighted by molar-refractivity contribution is 9.11. The van der Waals surface area contributed by atoms with Crippen LogP contribution in [0.4, 0.5) is 0 Å². The van der Waals surface area contributed by atoms with Gasteiger partial charge in [0, 0.05) is 18.0 Å². The molecule has 3 N–H and O–H groups in total. The molecule has 1 amide bonds. The highest BCUT2D eigenvalue weighted by Gasteiger charge is 2.24. The van der Waals surface area contributed by atoms with Crippen LogP contribution in [0.3, 0.4) is 0 Å². The number of carbonyl (C=O) groups is 1. The van der Waals surface area contributed by atoms with Gasteiger partial charge in [0.1, 0.15) is 0 Å². The first-order valence-electron chi connectivity index (χ1n) is 5.08. The number of thiophene rings is 1. The molecule has 1 rings (SSSR count). The number of aryl methyl sites for hydroxylation is 1. The molecule has 0 aromatic carbocycles. The molecule has 0 aliphatic rings. The Kier molecular flexibility index (Phi) is 4.52. The van der Waals surface area contributed by atoms with Crippen LogP contribution in [0.15, 0.2) is 9.85 Å². The molecule has 16 heavy (non-hydrogen) atoms. The number of hydrogen-bond donors (Lipinski definition) is 2. The second-order valence-electron chi connectivity index (χ2n) is 4.52. The zero-order chi connectivity index (χ0) is 12.3. The van der Waals surface area contributed by atoms with Gasteiger partial charge in [-0.3, -0.25) is 4.79 Å². The van der Waals surface area contributed by atoms with Gasteiger partial charge in [0.2, 0.25) is 5.91 Å². The van der Waals surface area contributed by atoms with Crippen LogP contribution >= 0.6 is 27.3 Å². The highest BCUT2D eigenvalue weighted by Crippen LogP contribution is 2.27. The molecule has 1 aromatic heterocycles. The zero-order valence-electron chi connectivity index (χ0n) is 9.76. The average molecular weight is 305 g/mol. The molecule has 0 saturated heterocycles. The Hall–Kier alpha value is -0.390. The minimum atomic E-state index is -0.496. The van der Waals surface area contributed by atoms with E-state index in [1.54, 1.807) is 11.3 Å². The molecule has 1 heterocycles. The van der Waals surface area contributed by atoms with Gasteiger partial charge in [0.25, 0.3) is 0 Å². The molecular weight excluding hydrogens is 288 g/mol. The molecule has 3 nitrogen and oxygen atoms in total. The number of carbonyl (C=O) groups excluding carboxylic acids is 1. The van der Waals surface area contributed by atoms with E-state index in [1.807, 2.05) is 13.8 Å². The van der Waals surface area contributed by atoms with Gasteiger partial charge in [0.05, 0.1) is 9.20 Å². The number of hydrogen-bond acceptors (Lipinski definition) is 3. The summed E-state index contributed by atoms with van der Waals surface area (Å²) in [5.41, 5.74) is 6.04. The van der Waals surface area contributed by atoms with Crippen LogP contribution < -0.4 is 11.1 Å². The molecule has 0 fully saturated rings. The second kappa shape index (κ2) is 5.29. The lowest BCUT2D eigenvalue weighted by atomic mass is 9.93. The maximum absolute atomic E-state index is 11.1. The molecular formula is C11H17BrN2OS. The maximum Gasteiger partial charge on any atom is 0.224 e. The highest BCUT2D eigenvalue weighted by atomic mass is 79.9. The van der Waals surface area contributed by atoms with Gasteiger partial charge in [0.15, 0.2) is 0 Å². The number of halogens is 1. The van der Waals surface area contributed by atoms with Crippen LogP contribution in [0, 0.1) is 12.3 Å². The third kappa shape index (κ3) is 3.57.